The normalized spacial score (nSPS) is 14.7. The van der Waals surface area contributed by atoms with E-state index in [0.29, 0.717) is 0 Å². The van der Waals surface area contributed by atoms with Crippen molar-refractivity contribution in [1.82, 2.24) is 0 Å². The Kier molecular flexibility index (Phi) is 4.88. The SMILES string of the molecule is O=C(CC1(C(=O)O)Cc2ccccc2C1)Nc1cccc(OC(F)F)c1. The zero-order valence-electron chi connectivity index (χ0n) is 13.7. The highest BCUT2D eigenvalue weighted by molar-refractivity contribution is 5.95. The van der Waals surface area contributed by atoms with Gasteiger partial charge in [-0.15, -0.1) is 0 Å². The van der Waals surface area contributed by atoms with E-state index < -0.39 is 23.9 Å². The summed E-state index contributed by atoms with van der Waals surface area (Å²) < 4.78 is 28.9. The Bertz CT molecular complexity index is 813. The minimum absolute atomic E-state index is 0.0842. The number of aliphatic carboxylic acids is 1. The molecule has 2 aromatic carbocycles. The number of alkyl halides is 2. The third-order valence-electron chi connectivity index (χ3n) is 4.47. The van der Waals surface area contributed by atoms with Crippen molar-refractivity contribution in [2.75, 3.05) is 5.32 Å². The number of hydrogen-bond acceptors (Lipinski definition) is 3. The van der Waals surface area contributed by atoms with Gasteiger partial charge in [0.25, 0.3) is 0 Å². The first kappa shape index (κ1) is 17.8. The lowest BCUT2D eigenvalue weighted by Crippen LogP contribution is -2.36. The van der Waals surface area contributed by atoms with E-state index in [1.165, 1.54) is 24.3 Å². The Morgan fingerprint density at radius 2 is 1.77 bits per heavy atom. The zero-order chi connectivity index (χ0) is 18.7. The van der Waals surface area contributed by atoms with Crippen LogP contribution in [0.3, 0.4) is 0 Å². The van der Waals surface area contributed by atoms with Gasteiger partial charge in [-0.2, -0.15) is 8.78 Å². The van der Waals surface area contributed by atoms with E-state index in [0.717, 1.165) is 11.1 Å². The molecular formula is C19H17F2NO4. The minimum atomic E-state index is -2.96. The van der Waals surface area contributed by atoms with Gasteiger partial charge in [0, 0.05) is 18.2 Å². The van der Waals surface area contributed by atoms with Crippen molar-refractivity contribution in [2.45, 2.75) is 25.9 Å². The Labute approximate surface area is 148 Å². The second-order valence-corrected chi connectivity index (χ2v) is 6.34. The second kappa shape index (κ2) is 7.11. The molecule has 1 aliphatic carbocycles. The molecule has 0 bridgehead atoms. The first-order valence-electron chi connectivity index (χ1n) is 8.03. The molecule has 0 radical (unpaired) electrons. The standard InChI is InChI=1S/C19H17F2NO4/c20-18(21)26-15-7-3-6-14(8-15)22-16(23)11-19(17(24)25)9-12-4-1-2-5-13(12)10-19/h1-8,18H,9-11H2,(H,22,23)(H,24,25). The fraction of sp³-hybridized carbons (Fsp3) is 0.263. The Morgan fingerprint density at radius 3 is 2.35 bits per heavy atom. The van der Waals surface area contributed by atoms with Gasteiger partial charge in [-0.3, -0.25) is 9.59 Å². The van der Waals surface area contributed by atoms with Crippen molar-refractivity contribution in [1.29, 1.82) is 0 Å². The maximum Gasteiger partial charge on any atom is 0.387 e. The molecule has 3 rings (SSSR count). The number of carbonyl (C=O) groups excluding carboxylic acids is 1. The summed E-state index contributed by atoms with van der Waals surface area (Å²) in [7, 11) is 0. The fourth-order valence-electron chi connectivity index (χ4n) is 3.31. The van der Waals surface area contributed by atoms with Gasteiger partial charge in [-0.1, -0.05) is 30.3 Å². The molecule has 0 fully saturated rings. The molecule has 2 N–H and O–H groups in total. The smallest absolute Gasteiger partial charge is 0.387 e. The number of amides is 1. The maximum absolute atomic E-state index is 12.4. The Hall–Kier alpha value is -2.96. The highest BCUT2D eigenvalue weighted by atomic mass is 19.3. The number of benzene rings is 2. The van der Waals surface area contributed by atoms with Crippen LogP contribution < -0.4 is 10.1 Å². The molecule has 0 atom stereocenters. The number of rotatable bonds is 6. The molecule has 26 heavy (non-hydrogen) atoms. The van der Waals surface area contributed by atoms with Gasteiger partial charge in [-0.25, -0.2) is 0 Å². The average molecular weight is 361 g/mol. The van der Waals surface area contributed by atoms with Gasteiger partial charge < -0.3 is 15.2 Å². The molecule has 1 aliphatic rings. The van der Waals surface area contributed by atoms with E-state index in [1.54, 1.807) is 0 Å². The first-order chi connectivity index (χ1) is 12.4. The molecule has 7 heteroatoms. The topological polar surface area (TPSA) is 75.6 Å². The number of halogens is 2. The summed E-state index contributed by atoms with van der Waals surface area (Å²) in [5, 5.41) is 12.3. The van der Waals surface area contributed by atoms with Crippen molar-refractivity contribution < 1.29 is 28.2 Å². The minimum Gasteiger partial charge on any atom is -0.481 e. The van der Waals surface area contributed by atoms with Crippen molar-refractivity contribution in [3.05, 3.63) is 59.7 Å². The van der Waals surface area contributed by atoms with E-state index in [1.807, 2.05) is 24.3 Å². The van der Waals surface area contributed by atoms with Crippen LogP contribution in [-0.2, 0) is 22.4 Å². The van der Waals surface area contributed by atoms with E-state index in [9.17, 15) is 23.5 Å². The lowest BCUT2D eigenvalue weighted by molar-refractivity contribution is -0.150. The summed E-state index contributed by atoms with van der Waals surface area (Å²) in [6, 6.07) is 13.0. The van der Waals surface area contributed by atoms with Gasteiger partial charge in [0.05, 0.1) is 5.41 Å². The van der Waals surface area contributed by atoms with Gasteiger partial charge >= 0.3 is 12.6 Å². The fourth-order valence-corrected chi connectivity index (χ4v) is 3.31. The number of fused-ring (bicyclic) bond motifs is 1. The second-order valence-electron chi connectivity index (χ2n) is 6.34. The van der Waals surface area contributed by atoms with Crippen LogP contribution in [0, 0.1) is 5.41 Å². The molecule has 0 spiro atoms. The molecule has 136 valence electrons. The molecule has 0 saturated heterocycles. The van der Waals surface area contributed by atoms with Crippen LogP contribution in [0.2, 0.25) is 0 Å². The Balaban J connectivity index is 1.72. The summed E-state index contributed by atoms with van der Waals surface area (Å²) in [5.41, 5.74) is 0.916. The van der Waals surface area contributed by atoms with Crippen LogP contribution in [0.15, 0.2) is 48.5 Å². The van der Waals surface area contributed by atoms with Crippen LogP contribution in [-0.4, -0.2) is 23.6 Å². The number of nitrogens with one attached hydrogen (secondary N) is 1. The Morgan fingerprint density at radius 1 is 1.12 bits per heavy atom. The molecule has 0 heterocycles. The van der Waals surface area contributed by atoms with Gasteiger partial charge in [0.15, 0.2) is 0 Å². The predicted molar refractivity (Wildman–Crippen MR) is 90.2 cm³/mol. The highest BCUT2D eigenvalue weighted by Gasteiger charge is 2.45. The van der Waals surface area contributed by atoms with Crippen molar-refractivity contribution in [2.24, 2.45) is 5.41 Å². The van der Waals surface area contributed by atoms with Crippen molar-refractivity contribution >= 4 is 17.6 Å². The van der Waals surface area contributed by atoms with Crippen LogP contribution >= 0.6 is 0 Å². The van der Waals surface area contributed by atoms with E-state index >= 15 is 0 Å². The highest BCUT2D eigenvalue weighted by Crippen LogP contribution is 2.40. The molecule has 1 amide bonds. The summed E-state index contributed by atoms with van der Waals surface area (Å²) in [4.78, 5) is 24.3. The molecule has 5 nitrogen and oxygen atoms in total. The van der Waals surface area contributed by atoms with Crippen LogP contribution in [0.5, 0.6) is 5.75 Å². The number of carboxylic acid groups (broad SMARTS) is 1. The van der Waals surface area contributed by atoms with Gasteiger partial charge in [0.2, 0.25) is 5.91 Å². The third-order valence-corrected chi connectivity index (χ3v) is 4.47. The largest absolute Gasteiger partial charge is 0.481 e. The first-order valence-corrected chi connectivity index (χ1v) is 8.03. The number of hydrogen-bond donors (Lipinski definition) is 2. The van der Waals surface area contributed by atoms with Crippen LogP contribution in [0.1, 0.15) is 17.5 Å². The van der Waals surface area contributed by atoms with Gasteiger partial charge in [-0.05, 0) is 36.1 Å². The van der Waals surface area contributed by atoms with Crippen molar-refractivity contribution in [3.8, 4) is 5.75 Å². The number of anilines is 1. The molecule has 0 aliphatic heterocycles. The summed E-state index contributed by atoms with van der Waals surface area (Å²) in [6.07, 6.45) is 0.345. The quantitative estimate of drug-likeness (QED) is 0.826. The molecule has 0 unspecified atom stereocenters. The zero-order valence-corrected chi connectivity index (χ0v) is 13.7. The van der Waals surface area contributed by atoms with E-state index in [2.05, 4.69) is 10.1 Å². The van der Waals surface area contributed by atoms with E-state index in [4.69, 9.17) is 0 Å². The number of ether oxygens (including phenoxy) is 1. The lowest BCUT2D eigenvalue weighted by Gasteiger charge is -2.23. The van der Waals surface area contributed by atoms with Gasteiger partial charge in [0.1, 0.15) is 5.75 Å². The number of carboxylic acids is 1. The molecule has 0 aromatic heterocycles. The maximum atomic E-state index is 12.4. The summed E-state index contributed by atoms with van der Waals surface area (Å²) in [5.74, 6) is -1.60. The average Bonchev–Trinajstić information content (AvgIpc) is 2.93. The summed E-state index contributed by atoms with van der Waals surface area (Å²) in [6.45, 7) is -2.96. The van der Waals surface area contributed by atoms with Crippen molar-refractivity contribution in [3.63, 3.8) is 0 Å². The van der Waals surface area contributed by atoms with Crippen LogP contribution in [0.4, 0.5) is 14.5 Å². The third kappa shape index (κ3) is 3.82. The monoisotopic (exact) mass is 361 g/mol. The predicted octanol–water partition coefficient (Wildman–Crippen LogP) is 3.49. The molecule has 2 aromatic rings. The molecule has 0 saturated carbocycles. The summed E-state index contributed by atoms with van der Waals surface area (Å²) >= 11 is 0. The number of carbonyl (C=O) groups is 2. The van der Waals surface area contributed by atoms with E-state index in [-0.39, 0.29) is 30.7 Å². The van der Waals surface area contributed by atoms with Crippen LogP contribution in [0.25, 0.3) is 0 Å². The lowest BCUT2D eigenvalue weighted by atomic mass is 9.81. The molecular weight excluding hydrogens is 344 g/mol.